The van der Waals surface area contributed by atoms with E-state index in [-0.39, 0.29) is 36.0 Å². The lowest BCUT2D eigenvalue weighted by Crippen LogP contribution is -2.58. The van der Waals surface area contributed by atoms with E-state index in [2.05, 4.69) is 0 Å². The molecule has 2 unspecified atom stereocenters. The van der Waals surface area contributed by atoms with E-state index in [1.807, 2.05) is 0 Å². The van der Waals surface area contributed by atoms with Crippen LogP contribution in [0.25, 0.3) is 0 Å². The van der Waals surface area contributed by atoms with Gasteiger partial charge in [0.2, 0.25) is 0 Å². The molecule has 8 heteroatoms. The second-order valence-corrected chi connectivity index (χ2v) is 11.3. The average molecular weight is 385 g/mol. The van der Waals surface area contributed by atoms with E-state index in [9.17, 15) is 23.1 Å². The van der Waals surface area contributed by atoms with Crippen LogP contribution in [0, 0.1) is 17.3 Å². The fraction of sp³-hybridized carbons (Fsp3) is 0.889. The fourth-order valence-corrected chi connectivity index (χ4v) is 7.89. The third-order valence-electron chi connectivity index (χ3n) is 6.94. The lowest BCUT2D eigenvalue weighted by Gasteiger charge is -2.58. The number of carbonyl (C=O) groups is 2. The normalized spacial score (nSPS) is 42.6. The van der Waals surface area contributed by atoms with Crippen LogP contribution < -0.4 is 0 Å². The summed E-state index contributed by atoms with van der Waals surface area (Å²) in [5.41, 5.74) is -1.39. The molecule has 0 radical (unpaired) electrons. The molecule has 4 saturated carbocycles. The van der Waals surface area contributed by atoms with E-state index >= 15 is 0 Å². The minimum atomic E-state index is -3.07. The molecule has 4 bridgehead atoms. The molecule has 0 aromatic carbocycles. The Morgan fingerprint density at radius 2 is 1.85 bits per heavy atom. The van der Waals surface area contributed by atoms with Crippen molar-refractivity contribution in [2.24, 2.45) is 17.3 Å². The highest BCUT2D eigenvalue weighted by molar-refractivity contribution is 7.91. The standard InChI is InChI=1S/C18H27NO6S/c1-19(14-2-3-26(23,24)10-14)15(20)9-25-16(21)17-5-12-4-13(6-17)8-18(22,7-12)11-17/h12-14,22H,2-11H2,1H3/t12-,13+,14-,17?,18?/m0/s1. The summed E-state index contributed by atoms with van der Waals surface area (Å²) in [6.45, 7) is -0.360. The first-order valence-electron chi connectivity index (χ1n) is 9.46. The summed E-state index contributed by atoms with van der Waals surface area (Å²) in [5, 5.41) is 10.7. The van der Waals surface area contributed by atoms with Crippen LogP contribution in [0.2, 0.25) is 0 Å². The van der Waals surface area contributed by atoms with Crippen LogP contribution >= 0.6 is 0 Å². The first kappa shape index (κ1) is 18.2. The highest BCUT2D eigenvalue weighted by atomic mass is 32.2. The highest BCUT2D eigenvalue weighted by Crippen LogP contribution is 2.61. The van der Waals surface area contributed by atoms with Crippen molar-refractivity contribution in [2.45, 2.75) is 56.6 Å². The van der Waals surface area contributed by atoms with Crippen molar-refractivity contribution in [2.75, 3.05) is 25.2 Å². The SMILES string of the molecule is CN(C(=O)COC(=O)C12C[C@@H]3C[C@@H](CC(O)(C3)C1)C2)[C@H]1CCS(=O)(=O)C1. The minimum absolute atomic E-state index is 0.0243. The number of nitrogens with zero attached hydrogens (tertiary/aromatic N) is 1. The lowest BCUT2D eigenvalue weighted by atomic mass is 9.48. The molecule has 1 aliphatic heterocycles. The van der Waals surface area contributed by atoms with Gasteiger partial charge in [0.25, 0.3) is 5.91 Å². The maximum Gasteiger partial charge on any atom is 0.312 e. The van der Waals surface area contributed by atoms with Crippen LogP contribution in [0.1, 0.15) is 44.9 Å². The van der Waals surface area contributed by atoms with Crippen molar-refractivity contribution in [3.8, 4) is 0 Å². The Morgan fingerprint density at radius 3 is 2.38 bits per heavy atom. The Morgan fingerprint density at radius 1 is 1.19 bits per heavy atom. The number of hydrogen-bond donors (Lipinski definition) is 1. The molecule has 146 valence electrons. The Balaban J connectivity index is 1.36. The summed E-state index contributed by atoms with van der Waals surface area (Å²) in [6.07, 6.45) is 4.99. The monoisotopic (exact) mass is 385 g/mol. The molecule has 5 fully saturated rings. The van der Waals surface area contributed by atoms with E-state index in [1.54, 1.807) is 7.05 Å². The molecule has 0 spiro atoms. The molecule has 1 amide bonds. The van der Waals surface area contributed by atoms with Gasteiger partial charge < -0.3 is 14.7 Å². The molecule has 4 aliphatic carbocycles. The summed E-state index contributed by atoms with van der Waals surface area (Å²) in [4.78, 5) is 26.5. The number of ether oxygens (including phenoxy) is 1. The van der Waals surface area contributed by atoms with E-state index in [0.29, 0.717) is 24.7 Å². The summed E-state index contributed by atoms with van der Waals surface area (Å²) >= 11 is 0. The molecule has 1 heterocycles. The van der Waals surface area contributed by atoms with Crippen molar-refractivity contribution in [1.82, 2.24) is 4.90 Å². The number of sulfone groups is 1. The van der Waals surface area contributed by atoms with E-state index in [4.69, 9.17) is 4.74 Å². The Bertz CT molecular complexity index is 718. The van der Waals surface area contributed by atoms with Crippen molar-refractivity contribution in [3.05, 3.63) is 0 Å². The van der Waals surface area contributed by atoms with E-state index < -0.39 is 20.9 Å². The predicted molar refractivity (Wildman–Crippen MR) is 92.9 cm³/mol. The van der Waals surface area contributed by atoms with Gasteiger partial charge in [0.05, 0.1) is 22.5 Å². The molecule has 5 atom stereocenters. The number of esters is 1. The zero-order valence-electron chi connectivity index (χ0n) is 15.1. The molecule has 0 aromatic rings. The topological polar surface area (TPSA) is 101 Å². The number of amides is 1. The number of hydrogen-bond acceptors (Lipinski definition) is 6. The first-order chi connectivity index (χ1) is 12.1. The number of likely N-dealkylation sites (N-methyl/N-ethyl adjacent to an activating group) is 1. The molecule has 7 nitrogen and oxygen atoms in total. The highest BCUT2D eigenvalue weighted by Gasteiger charge is 2.61. The number of carbonyl (C=O) groups excluding carboxylic acids is 2. The fourth-order valence-electron chi connectivity index (χ4n) is 6.12. The van der Waals surface area contributed by atoms with Crippen molar-refractivity contribution >= 4 is 21.7 Å². The zero-order valence-corrected chi connectivity index (χ0v) is 16.0. The lowest BCUT2D eigenvalue weighted by molar-refractivity contribution is -0.197. The minimum Gasteiger partial charge on any atom is -0.455 e. The number of aliphatic hydroxyl groups is 1. The second-order valence-electron chi connectivity index (χ2n) is 9.10. The van der Waals surface area contributed by atoms with Gasteiger partial charge in [-0.25, -0.2) is 8.42 Å². The Hall–Kier alpha value is -1.15. The van der Waals surface area contributed by atoms with Crippen LogP contribution in [-0.4, -0.2) is 67.1 Å². The number of rotatable bonds is 4. The van der Waals surface area contributed by atoms with Gasteiger partial charge in [0.1, 0.15) is 0 Å². The molecule has 26 heavy (non-hydrogen) atoms. The maximum atomic E-state index is 12.8. The third-order valence-corrected chi connectivity index (χ3v) is 8.69. The van der Waals surface area contributed by atoms with E-state index in [1.165, 1.54) is 4.90 Å². The van der Waals surface area contributed by atoms with Gasteiger partial charge in [0.15, 0.2) is 16.4 Å². The van der Waals surface area contributed by atoms with Crippen molar-refractivity contribution < 1.29 is 27.9 Å². The third kappa shape index (κ3) is 3.15. The molecular formula is C18H27NO6S. The van der Waals surface area contributed by atoms with Gasteiger partial charge in [-0.1, -0.05) is 0 Å². The van der Waals surface area contributed by atoms with Crippen LogP contribution in [0.3, 0.4) is 0 Å². The van der Waals surface area contributed by atoms with Crippen molar-refractivity contribution in [1.29, 1.82) is 0 Å². The average Bonchev–Trinajstić information content (AvgIpc) is 2.89. The molecule has 1 N–H and O–H groups in total. The Kier molecular flexibility index (Phi) is 4.15. The van der Waals surface area contributed by atoms with Crippen LogP contribution in [0.15, 0.2) is 0 Å². The first-order valence-corrected chi connectivity index (χ1v) is 11.3. The summed E-state index contributed by atoms with van der Waals surface area (Å²) in [6, 6.07) is -0.341. The van der Waals surface area contributed by atoms with Gasteiger partial charge >= 0.3 is 5.97 Å². The largest absolute Gasteiger partial charge is 0.455 e. The summed E-state index contributed by atoms with van der Waals surface area (Å²) in [7, 11) is -1.51. The Labute approximate surface area is 154 Å². The predicted octanol–water partition coefficient (Wildman–Crippen LogP) is 0.506. The second kappa shape index (κ2) is 5.92. The van der Waals surface area contributed by atoms with Crippen LogP contribution in [0.4, 0.5) is 0 Å². The molecule has 1 saturated heterocycles. The molecule has 0 aromatic heterocycles. The van der Waals surface area contributed by atoms with Gasteiger partial charge in [-0.15, -0.1) is 0 Å². The molecule has 5 rings (SSSR count). The van der Waals surface area contributed by atoms with Crippen LogP contribution in [0.5, 0.6) is 0 Å². The van der Waals surface area contributed by atoms with Gasteiger partial charge in [0, 0.05) is 13.1 Å². The molecule has 5 aliphatic rings. The zero-order chi connectivity index (χ0) is 18.7. The van der Waals surface area contributed by atoms with E-state index in [0.717, 1.165) is 32.1 Å². The van der Waals surface area contributed by atoms with Gasteiger partial charge in [-0.2, -0.15) is 0 Å². The quantitative estimate of drug-likeness (QED) is 0.708. The van der Waals surface area contributed by atoms with Gasteiger partial charge in [-0.3, -0.25) is 9.59 Å². The summed E-state index contributed by atoms with van der Waals surface area (Å²) in [5.74, 6) is 0.0738. The van der Waals surface area contributed by atoms with Gasteiger partial charge in [-0.05, 0) is 56.8 Å². The van der Waals surface area contributed by atoms with Crippen LogP contribution in [-0.2, 0) is 24.2 Å². The smallest absolute Gasteiger partial charge is 0.312 e. The molecular weight excluding hydrogens is 358 g/mol. The summed E-state index contributed by atoms with van der Waals surface area (Å²) < 4.78 is 28.5. The van der Waals surface area contributed by atoms with Crippen molar-refractivity contribution in [3.63, 3.8) is 0 Å². The maximum absolute atomic E-state index is 12.8.